The number of aromatic carboxylic acids is 1. The zero-order valence-corrected chi connectivity index (χ0v) is 21.7. The van der Waals surface area contributed by atoms with Crippen molar-refractivity contribution in [3.8, 4) is 11.6 Å². The monoisotopic (exact) mass is 700 g/mol. The molecule has 16 nitrogen and oxygen atoms in total. The quantitative estimate of drug-likeness (QED) is 0.103. The van der Waals surface area contributed by atoms with Gasteiger partial charge >= 0.3 is 130 Å². The molecule has 1 amide bonds. The van der Waals surface area contributed by atoms with Crippen LogP contribution in [0.4, 0.5) is 5.69 Å². The number of hydrogen-bond donors (Lipinski definition) is 5. The molecule has 1 aliphatic heterocycles. The number of rotatable bonds is 8. The first-order valence-corrected chi connectivity index (χ1v) is 13.7. The van der Waals surface area contributed by atoms with Gasteiger partial charge in [0.05, 0.1) is 32.3 Å². The van der Waals surface area contributed by atoms with Gasteiger partial charge in [-0.1, -0.05) is 6.08 Å². The second-order valence-electron chi connectivity index (χ2n) is 8.05. The number of benzene rings is 2. The first-order valence-electron chi connectivity index (χ1n) is 10.9. The summed E-state index contributed by atoms with van der Waals surface area (Å²) < 4.78 is 64.0. The summed E-state index contributed by atoms with van der Waals surface area (Å²) in [4.78, 5) is 35.7. The van der Waals surface area contributed by atoms with Gasteiger partial charge < -0.3 is 15.3 Å². The zero-order chi connectivity index (χ0) is 30.3. The van der Waals surface area contributed by atoms with Crippen molar-refractivity contribution in [2.45, 2.75) is 9.79 Å². The molecule has 45 heavy (non-hydrogen) atoms. The molecular weight excluding hydrogens is 680 g/mol. The molecule has 4 rings (SSSR count). The van der Waals surface area contributed by atoms with E-state index in [1.165, 1.54) is 0 Å². The van der Waals surface area contributed by atoms with Crippen molar-refractivity contribution in [2.75, 3.05) is 5.01 Å². The molecule has 0 bridgehead atoms. The van der Waals surface area contributed by atoms with Gasteiger partial charge in [-0.15, -0.1) is 5.10 Å². The summed E-state index contributed by atoms with van der Waals surface area (Å²) in [7, 11) is -9.05. The van der Waals surface area contributed by atoms with E-state index in [9.17, 15) is 46.5 Å². The van der Waals surface area contributed by atoms with E-state index in [1.54, 1.807) is 0 Å². The van der Waals surface area contributed by atoms with Gasteiger partial charge in [0, 0.05) is 0 Å². The molecule has 0 saturated carbocycles. The van der Waals surface area contributed by atoms with Gasteiger partial charge in [-0.3, -0.25) is 13.9 Å². The molecule has 2 aromatic carbocycles. The number of hydrazone groups is 1. The maximum absolute atomic E-state index is 12.9. The van der Waals surface area contributed by atoms with Crippen LogP contribution in [-0.2, 0) is 29.8 Å². The summed E-state index contributed by atoms with van der Waals surface area (Å²) in [5.41, 5.74) is -2.11. The van der Waals surface area contributed by atoms with E-state index >= 15 is 0 Å². The molecule has 22 heteroatoms. The first kappa shape index (κ1) is 43.8. The Hall–Kier alpha value is -1.17. The minimum atomic E-state index is -4.53. The Bertz CT molecular complexity index is 1920. The Labute approximate surface area is 343 Å². The fraction of sp³-hybridized carbons (Fsp3) is 0. The predicted molar refractivity (Wildman–Crippen MR) is 167 cm³/mol. The average molecular weight is 701 g/mol. The van der Waals surface area contributed by atoms with E-state index in [-0.39, 0.29) is 135 Å². The van der Waals surface area contributed by atoms with Gasteiger partial charge in [0.15, 0.2) is 11.4 Å². The Morgan fingerprint density at radius 1 is 0.756 bits per heavy atom. The number of hydrogen-bond acceptors (Lipinski definition) is 10. The summed E-state index contributed by atoms with van der Waals surface area (Å²) in [5, 5.41) is 37.7. The molecule has 0 unspecified atom stereocenters. The Morgan fingerprint density at radius 2 is 1.22 bits per heavy atom. The molecule has 5 N–H and O–H groups in total. The molecule has 3 aromatic rings. The van der Waals surface area contributed by atoms with Crippen molar-refractivity contribution >= 4 is 174 Å². The van der Waals surface area contributed by atoms with Crippen molar-refractivity contribution in [1.82, 2.24) is 9.78 Å². The van der Waals surface area contributed by atoms with Crippen molar-refractivity contribution in [3.63, 3.8) is 0 Å². The molecule has 1 aliphatic rings. The third kappa shape index (κ3) is 9.92. The van der Waals surface area contributed by atoms with Crippen LogP contribution in [0.2, 0.25) is 0 Å². The maximum atomic E-state index is 12.9. The zero-order valence-electron chi connectivity index (χ0n) is 20.1. The molecule has 0 fully saturated rings. The number of anilines is 1. The molecule has 0 aliphatic carbocycles. The number of amides is 1. The summed E-state index contributed by atoms with van der Waals surface area (Å²) in [6.45, 7) is 0. The molecule has 0 radical (unpaired) electrons. The molecule has 2 heterocycles. The molecule has 0 saturated heterocycles. The number of carboxylic acids is 2. The van der Waals surface area contributed by atoms with Gasteiger partial charge in [0.2, 0.25) is 5.88 Å². The third-order valence-electron chi connectivity index (χ3n) is 5.47. The van der Waals surface area contributed by atoms with Crippen LogP contribution < -0.4 is 5.01 Å². The molecule has 0 atom stereocenters. The van der Waals surface area contributed by atoms with E-state index in [2.05, 4.69) is 10.2 Å². The Kier molecular flexibility index (Phi) is 16.8. The number of aliphatic carboxylic acids is 1. The van der Waals surface area contributed by atoms with Crippen LogP contribution >= 0.6 is 0 Å². The van der Waals surface area contributed by atoms with Crippen LogP contribution in [0.3, 0.4) is 0 Å². The van der Waals surface area contributed by atoms with Crippen LogP contribution in [0.25, 0.3) is 11.8 Å². The van der Waals surface area contributed by atoms with Gasteiger partial charge in [0.1, 0.15) is 0 Å². The first-order chi connectivity index (χ1) is 19.1. The average Bonchev–Trinajstić information content (AvgIpc) is 3.40. The molecular formula is C23H20N4Na4O12S2. The number of allylic oxidation sites excluding steroid dienone is 2. The molecule has 1 aromatic heterocycles. The number of carbonyl (C=O) groups is 3. The number of aromatic hydroxyl groups is 1. The van der Waals surface area contributed by atoms with Crippen molar-refractivity contribution in [3.05, 3.63) is 77.5 Å². The van der Waals surface area contributed by atoms with Crippen molar-refractivity contribution < 1.29 is 55.6 Å². The molecule has 220 valence electrons. The number of carbonyl (C=O) groups excluding carboxylic acids is 1. The summed E-state index contributed by atoms with van der Waals surface area (Å²) >= 11 is 0. The number of carboxylic acid groups (broad SMARTS) is 2. The second-order valence-corrected chi connectivity index (χ2v) is 10.9. The van der Waals surface area contributed by atoms with E-state index in [4.69, 9.17) is 9.11 Å². The Morgan fingerprint density at radius 3 is 1.64 bits per heavy atom. The van der Waals surface area contributed by atoms with E-state index in [0.29, 0.717) is 5.01 Å². The topological polar surface area (TPSA) is 254 Å². The fourth-order valence-corrected chi connectivity index (χ4v) is 4.58. The predicted octanol–water partition coefficient (Wildman–Crippen LogP) is -1.40. The van der Waals surface area contributed by atoms with E-state index < -0.39 is 70.7 Å². The van der Waals surface area contributed by atoms with Gasteiger partial charge in [-0.05, 0) is 60.7 Å². The number of nitrogens with zero attached hydrogens (tertiary/aromatic N) is 4. The van der Waals surface area contributed by atoms with Gasteiger partial charge in [-0.2, -0.15) is 26.9 Å². The van der Waals surface area contributed by atoms with Gasteiger partial charge in [0.25, 0.3) is 26.1 Å². The van der Waals surface area contributed by atoms with Gasteiger partial charge in [-0.25, -0.2) is 14.3 Å². The summed E-state index contributed by atoms with van der Waals surface area (Å²) in [6, 6.07) is 8.38. The third-order valence-corrected chi connectivity index (χ3v) is 7.21. The van der Waals surface area contributed by atoms with Crippen LogP contribution in [0, 0.1) is 0 Å². The van der Waals surface area contributed by atoms with E-state index in [1.807, 2.05) is 0 Å². The van der Waals surface area contributed by atoms with Crippen LogP contribution in [0.5, 0.6) is 5.88 Å². The second kappa shape index (κ2) is 17.3. The summed E-state index contributed by atoms with van der Waals surface area (Å²) in [6.07, 6.45) is 3.08. The SMILES string of the molecule is O=C(O)C1=NN(c2ccc(S(=O)(=O)O)cc2)C(=O)C1=CC=Cc1c(O)nn(-c2ccc(S(=O)(=O)O)cc2)c1C(=O)O.[NaH].[NaH].[NaH].[NaH]. The Balaban J connectivity index is 0.00000484. The van der Waals surface area contributed by atoms with Crippen molar-refractivity contribution in [1.29, 1.82) is 0 Å². The van der Waals surface area contributed by atoms with Crippen LogP contribution in [0.1, 0.15) is 16.1 Å². The normalized spacial score (nSPS) is 13.7. The summed E-state index contributed by atoms with van der Waals surface area (Å²) in [5.74, 6) is -4.87. The minimum absolute atomic E-state index is 0. The van der Waals surface area contributed by atoms with Crippen LogP contribution in [0.15, 0.2) is 81.1 Å². The fourth-order valence-electron chi connectivity index (χ4n) is 3.62. The van der Waals surface area contributed by atoms with E-state index in [0.717, 1.165) is 71.4 Å². The standard InChI is InChI=1S/C23H16N4O12S2.4Na.4H/c28-20-17(19(23(32)33)26(25-20)12-4-8-14(9-5-12)40(34,35)36)3-1-2-16-18(22(30)31)24-27(21(16)29)13-6-10-15(11-7-13)41(37,38)39;;;;;;;;/h1-11H,(H,25,28)(H,30,31)(H,32,33)(H,34,35,36)(H,37,38,39);;;;;;;;. The van der Waals surface area contributed by atoms with Crippen molar-refractivity contribution in [2.24, 2.45) is 5.10 Å². The van der Waals surface area contributed by atoms with Crippen LogP contribution in [-0.4, -0.2) is 193 Å². The molecule has 0 spiro atoms. The number of aromatic nitrogens is 2.